The summed E-state index contributed by atoms with van der Waals surface area (Å²) < 4.78 is 0. The highest BCUT2D eigenvalue weighted by Gasteiger charge is 2.26. The van der Waals surface area contributed by atoms with Gasteiger partial charge >= 0.3 is 0 Å². The third-order valence-electron chi connectivity index (χ3n) is 3.09. The van der Waals surface area contributed by atoms with Crippen LogP contribution in [-0.2, 0) is 0 Å². The van der Waals surface area contributed by atoms with Gasteiger partial charge in [-0.25, -0.2) is 0 Å². The van der Waals surface area contributed by atoms with Crippen molar-refractivity contribution in [3.63, 3.8) is 0 Å². The summed E-state index contributed by atoms with van der Waals surface area (Å²) in [6.45, 7) is 16.5. The monoisotopic (exact) mass is 184 g/mol. The zero-order valence-electron chi connectivity index (χ0n) is 10.6. The summed E-state index contributed by atoms with van der Waals surface area (Å²) in [5, 5.41) is 0. The molecule has 0 saturated carbocycles. The van der Waals surface area contributed by atoms with Gasteiger partial charge in [0.05, 0.1) is 0 Å². The molecular weight excluding hydrogens is 156 g/mol. The second-order valence-electron chi connectivity index (χ2n) is 6.12. The highest BCUT2D eigenvalue weighted by Crippen LogP contribution is 2.36. The van der Waals surface area contributed by atoms with Crippen LogP contribution in [0.5, 0.6) is 0 Å². The van der Waals surface area contributed by atoms with Crippen molar-refractivity contribution in [2.24, 2.45) is 23.2 Å². The molecule has 0 nitrogen and oxygen atoms in total. The molecule has 80 valence electrons. The van der Waals surface area contributed by atoms with E-state index < -0.39 is 0 Å². The van der Waals surface area contributed by atoms with Crippen molar-refractivity contribution < 1.29 is 0 Å². The lowest BCUT2D eigenvalue weighted by atomic mass is 9.71. The van der Waals surface area contributed by atoms with Crippen molar-refractivity contribution >= 4 is 0 Å². The van der Waals surface area contributed by atoms with E-state index in [1.54, 1.807) is 0 Å². The Labute approximate surface area is 85.1 Å². The van der Waals surface area contributed by atoms with Crippen LogP contribution in [0.15, 0.2) is 0 Å². The maximum Gasteiger partial charge on any atom is -0.0326 e. The lowest BCUT2D eigenvalue weighted by molar-refractivity contribution is 0.161. The van der Waals surface area contributed by atoms with E-state index in [1.165, 1.54) is 12.8 Å². The number of hydrogen-bond donors (Lipinski definition) is 0. The van der Waals surface area contributed by atoms with Crippen LogP contribution < -0.4 is 0 Å². The molecule has 0 heteroatoms. The first kappa shape index (κ1) is 13.0. The fraction of sp³-hybridized carbons (Fsp3) is 1.00. The first-order valence-corrected chi connectivity index (χ1v) is 5.75. The van der Waals surface area contributed by atoms with Gasteiger partial charge in [0, 0.05) is 0 Å². The van der Waals surface area contributed by atoms with E-state index in [0.29, 0.717) is 5.41 Å². The van der Waals surface area contributed by atoms with E-state index in [-0.39, 0.29) is 0 Å². The molecule has 1 unspecified atom stereocenters. The molecule has 0 aromatic carbocycles. The molecule has 0 saturated heterocycles. The molecule has 0 spiro atoms. The summed E-state index contributed by atoms with van der Waals surface area (Å²) in [5.41, 5.74) is 0.512. The van der Waals surface area contributed by atoms with Crippen molar-refractivity contribution in [3.8, 4) is 0 Å². The van der Waals surface area contributed by atoms with Gasteiger partial charge in [-0.1, -0.05) is 48.5 Å². The van der Waals surface area contributed by atoms with Gasteiger partial charge in [0.25, 0.3) is 0 Å². The molecule has 1 atom stereocenters. The van der Waals surface area contributed by atoms with Crippen molar-refractivity contribution in [1.29, 1.82) is 0 Å². The molecule has 0 heterocycles. The van der Waals surface area contributed by atoms with Crippen molar-refractivity contribution in [2.45, 2.75) is 61.3 Å². The molecule has 0 aliphatic carbocycles. The van der Waals surface area contributed by atoms with Crippen LogP contribution in [0.4, 0.5) is 0 Å². The van der Waals surface area contributed by atoms with Crippen LogP contribution in [0.3, 0.4) is 0 Å². The molecule has 0 radical (unpaired) electrons. The van der Waals surface area contributed by atoms with Gasteiger partial charge in [0.1, 0.15) is 0 Å². The van der Waals surface area contributed by atoms with Gasteiger partial charge < -0.3 is 0 Å². The summed E-state index contributed by atoms with van der Waals surface area (Å²) >= 11 is 0. The van der Waals surface area contributed by atoms with Crippen LogP contribution in [0.25, 0.3) is 0 Å². The molecule has 0 aromatic heterocycles. The first-order chi connectivity index (χ1) is 5.75. The van der Waals surface area contributed by atoms with E-state index in [9.17, 15) is 0 Å². The van der Waals surface area contributed by atoms with E-state index in [0.717, 1.165) is 17.8 Å². The molecule has 0 aliphatic heterocycles. The molecule has 0 rings (SSSR count). The largest absolute Gasteiger partial charge is 0.0628 e. The topological polar surface area (TPSA) is 0 Å². The van der Waals surface area contributed by atoms with Crippen molar-refractivity contribution in [1.82, 2.24) is 0 Å². The quantitative estimate of drug-likeness (QED) is 0.579. The van der Waals surface area contributed by atoms with Crippen LogP contribution in [-0.4, -0.2) is 0 Å². The molecule has 0 amide bonds. The summed E-state index contributed by atoms with van der Waals surface area (Å²) in [5.74, 6) is 2.50. The molecular formula is C13H28. The first-order valence-electron chi connectivity index (χ1n) is 5.75. The Kier molecular flexibility index (Phi) is 5.02. The molecule has 0 bridgehead atoms. The van der Waals surface area contributed by atoms with Crippen molar-refractivity contribution in [3.05, 3.63) is 0 Å². The predicted octanol–water partition coefficient (Wildman–Crippen LogP) is 4.74. The lowest BCUT2D eigenvalue weighted by Gasteiger charge is -2.34. The van der Waals surface area contributed by atoms with E-state index in [1.807, 2.05) is 0 Å². The van der Waals surface area contributed by atoms with Crippen LogP contribution in [0.2, 0.25) is 0 Å². The van der Waals surface area contributed by atoms with E-state index >= 15 is 0 Å². The second kappa shape index (κ2) is 5.02. The Morgan fingerprint density at radius 3 is 1.62 bits per heavy atom. The van der Waals surface area contributed by atoms with Crippen LogP contribution in [0, 0.1) is 23.2 Å². The number of hydrogen-bond acceptors (Lipinski definition) is 0. The molecule has 13 heavy (non-hydrogen) atoms. The highest BCUT2D eigenvalue weighted by molar-refractivity contribution is 4.77. The van der Waals surface area contributed by atoms with Crippen molar-refractivity contribution in [2.75, 3.05) is 0 Å². The fourth-order valence-electron chi connectivity index (χ4n) is 2.28. The highest BCUT2D eigenvalue weighted by atomic mass is 14.3. The smallest absolute Gasteiger partial charge is 0.0326 e. The normalized spacial score (nSPS) is 15.5. The van der Waals surface area contributed by atoms with Gasteiger partial charge in [0.2, 0.25) is 0 Å². The molecule has 0 aliphatic rings. The Morgan fingerprint density at radius 1 is 0.846 bits per heavy atom. The number of rotatable bonds is 5. The average Bonchev–Trinajstić information content (AvgIpc) is 1.81. The predicted molar refractivity (Wildman–Crippen MR) is 61.9 cm³/mol. The van der Waals surface area contributed by atoms with Gasteiger partial charge in [-0.15, -0.1) is 0 Å². The van der Waals surface area contributed by atoms with Gasteiger partial charge in [0.15, 0.2) is 0 Å². The van der Waals surface area contributed by atoms with E-state index in [4.69, 9.17) is 0 Å². The summed E-state index contributed by atoms with van der Waals surface area (Å²) in [6.07, 6.45) is 2.71. The summed E-state index contributed by atoms with van der Waals surface area (Å²) in [6, 6.07) is 0. The maximum atomic E-state index is 2.42. The summed E-state index contributed by atoms with van der Waals surface area (Å²) in [7, 11) is 0. The van der Waals surface area contributed by atoms with E-state index in [2.05, 4.69) is 48.5 Å². The minimum absolute atomic E-state index is 0.512. The third-order valence-corrected chi connectivity index (χ3v) is 3.09. The molecule has 0 N–H and O–H groups in total. The second-order valence-corrected chi connectivity index (χ2v) is 6.12. The molecule has 0 fully saturated rings. The van der Waals surface area contributed by atoms with Gasteiger partial charge in [-0.3, -0.25) is 0 Å². The summed E-state index contributed by atoms with van der Waals surface area (Å²) in [4.78, 5) is 0. The Balaban J connectivity index is 4.10. The SMILES string of the molecule is CC(C)CC(C)C(C)(C)CC(C)C. The zero-order valence-corrected chi connectivity index (χ0v) is 10.6. The minimum atomic E-state index is 0.512. The van der Waals surface area contributed by atoms with Gasteiger partial charge in [-0.05, 0) is 36.0 Å². The zero-order chi connectivity index (χ0) is 10.6. The Hall–Kier alpha value is 0. The third kappa shape index (κ3) is 5.33. The van der Waals surface area contributed by atoms with Gasteiger partial charge in [-0.2, -0.15) is 0 Å². The fourth-order valence-corrected chi connectivity index (χ4v) is 2.28. The Morgan fingerprint density at radius 2 is 1.31 bits per heavy atom. The lowest BCUT2D eigenvalue weighted by Crippen LogP contribution is -2.24. The van der Waals surface area contributed by atoms with Crippen LogP contribution >= 0.6 is 0 Å². The minimum Gasteiger partial charge on any atom is -0.0628 e. The average molecular weight is 184 g/mol. The Bertz CT molecular complexity index is 131. The van der Waals surface area contributed by atoms with Crippen LogP contribution in [0.1, 0.15) is 61.3 Å². The standard InChI is InChI=1S/C13H28/c1-10(2)8-12(5)13(6,7)9-11(3)4/h10-12H,8-9H2,1-7H3. The maximum absolute atomic E-state index is 2.42. The molecule has 0 aromatic rings.